The molecule has 1 amide bonds. The molecule has 2 aliphatic heterocycles. The third-order valence-electron chi connectivity index (χ3n) is 5.82. The molecular weight excluding hydrogens is 506 g/mol. The fourth-order valence-electron chi connectivity index (χ4n) is 3.64. The quantitative estimate of drug-likeness (QED) is 0.207. The van der Waals surface area contributed by atoms with Crippen LogP contribution >= 0.6 is 36.6 Å². The number of nitrogens with zero attached hydrogens (tertiary/aromatic N) is 3. The Hall–Kier alpha value is -2.50. The second-order valence-electron chi connectivity index (χ2n) is 8.22. The van der Waals surface area contributed by atoms with Gasteiger partial charge in [-0.1, -0.05) is 30.4 Å². The van der Waals surface area contributed by atoms with Crippen LogP contribution in [0.4, 0.5) is 5.69 Å². The Labute approximate surface area is 220 Å². The first kappa shape index (κ1) is 27.1. The number of carbonyl (C=O) groups is 3. The highest BCUT2D eigenvalue weighted by atomic mass is 32.2. The molecule has 2 saturated heterocycles. The summed E-state index contributed by atoms with van der Waals surface area (Å²) in [5.74, 6) is -1.54. The van der Waals surface area contributed by atoms with Crippen LogP contribution in [0.15, 0.2) is 47.0 Å². The fourth-order valence-corrected chi connectivity index (χ4v) is 5.36. The number of benzene rings is 1. The molecule has 2 fully saturated rings. The molecule has 1 aromatic rings. The van der Waals surface area contributed by atoms with Crippen LogP contribution in [0.25, 0.3) is 0 Å². The van der Waals surface area contributed by atoms with Crippen molar-refractivity contribution in [2.75, 3.05) is 56.7 Å². The van der Waals surface area contributed by atoms with Crippen LogP contribution in [0.5, 0.6) is 0 Å². The number of carboxylic acids is 1. The van der Waals surface area contributed by atoms with Crippen molar-refractivity contribution in [3.05, 3.63) is 52.6 Å². The molecule has 35 heavy (non-hydrogen) atoms. The molecule has 8 nitrogen and oxygen atoms in total. The van der Waals surface area contributed by atoms with Crippen LogP contribution in [0.3, 0.4) is 0 Å². The topological polar surface area (TPSA) is 93.2 Å². The number of likely N-dealkylation sites (tertiary alicyclic amines) is 1. The highest BCUT2D eigenvalue weighted by molar-refractivity contribution is 8.03. The molecule has 0 radical (unpaired) electrons. The minimum absolute atomic E-state index is 0.128. The van der Waals surface area contributed by atoms with Crippen molar-refractivity contribution in [2.45, 2.75) is 12.3 Å². The maximum Gasteiger partial charge on any atom is 0.326 e. The number of hydrogen-bond donors (Lipinski definition) is 1. The van der Waals surface area contributed by atoms with E-state index in [0.717, 1.165) is 23.0 Å². The van der Waals surface area contributed by atoms with Gasteiger partial charge in [-0.2, -0.15) is 12.6 Å². The van der Waals surface area contributed by atoms with Gasteiger partial charge in [0.2, 0.25) is 0 Å². The van der Waals surface area contributed by atoms with Gasteiger partial charge in [-0.3, -0.25) is 14.5 Å². The monoisotopic (exact) mass is 534 g/mol. The number of thiocarbonyl (C=S) groups is 1. The predicted octanol–water partition coefficient (Wildman–Crippen LogP) is 1.44. The van der Waals surface area contributed by atoms with Crippen molar-refractivity contribution >= 4 is 65.1 Å². The fraction of sp³-hybridized carbons (Fsp3) is 0.417. The second kappa shape index (κ2) is 12.5. The first-order valence-electron chi connectivity index (χ1n) is 11.1. The number of carboxylic acid groups (broad SMARTS) is 1. The molecule has 2 heterocycles. The zero-order valence-corrected chi connectivity index (χ0v) is 22.2. The molecule has 1 aromatic carbocycles. The minimum Gasteiger partial charge on any atom is -0.549 e. The number of anilines is 1. The molecule has 3 rings (SSSR count). The molecule has 0 aliphatic carbocycles. The van der Waals surface area contributed by atoms with Gasteiger partial charge in [-0.05, 0) is 23.8 Å². The number of thiol groups is 1. The lowest BCUT2D eigenvalue weighted by molar-refractivity contribution is -0.307. The summed E-state index contributed by atoms with van der Waals surface area (Å²) >= 11 is 11.1. The summed E-state index contributed by atoms with van der Waals surface area (Å²) in [4.78, 5) is 41.9. The van der Waals surface area contributed by atoms with Gasteiger partial charge < -0.3 is 24.4 Å². The van der Waals surface area contributed by atoms with E-state index >= 15 is 0 Å². The second-order valence-corrected chi connectivity index (χ2v) is 10.2. The van der Waals surface area contributed by atoms with Crippen LogP contribution < -0.4 is 10.0 Å². The summed E-state index contributed by atoms with van der Waals surface area (Å²) in [6, 6.07) is 7.03. The van der Waals surface area contributed by atoms with Gasteiger partial charge in [0.15, 0.2) is 0 Å². The minimum atomic E-state index is -1.16. The zero-order valence-electron chi connectivity index (χ0n) is 19.6. The molecule has 11 heteroatoms. The number of hydrogen-bond acceptors (Lipinski definition) is 10. The SMILES string of the molecule is CN1CCS/C1=C\C=C1/CC(=S)N(CC(=O)OCCN(C)c2ccc(C(CS)C(=O)[O-])cc2)C1=O. The highest BCUT2D eigenvalue weighted by Gasteiger charge is 2.32. The van der Waals surface area contributed by atoms with Gasteiger partial charge in [-0.15, -0.1) is 11.8 Å². The van der Waals surface area contributed by atoms with E-state index in [-0.39, 0.29) is 24.8 Å². The van der Waals surface area contributed by atoms with Crippen molar-refractivity contribution in [3.63, 3.8) is 0 Å². The van der Waals surface area contributed by atoms with Crippen LogP contribution in [-0.4, -0.2) is 84.5 Å². The molecule has 188 valence electrons. The Bertz CT molecular complexity index is 1040. The average Bonchev–Trinajstić information content (AvgIpc) is 3.35. The third-order valence-corrected chi connectivity index (χ3v) is 7.68. The molecule has 0 aromatic heterocycles. The van der Waals surface area contributed by atoms with Crippen LogP contribution in [-0.2, 0) is 19.1 Å². The number of thioether (sulfide) groups is 1. The van der Waals surface area contributed by atoms with Gasteiger partial charge in [0.1, 0.15) is 13.2 Å². The molecule has 0 N–H and O–H groups in total. The molecule has 0 saturated carbocycles. The lowest BCUT2D eigenvalue weighted by atomic mass is 10.0. The normalized spacial score (nSPS) is 19.1. The third kappa shape index (κ3) is 7.02. The molecule has 0 spiro atoms. The van der Waals surface area contributed by atoms with E-state index < -0.39 is 17.9 Å². The van der Waals surface area contributed by atoms with Crippen LogP contribution in [0, 0.1) is 0 Å². The first-order valence-corrected chi connectivity index (χ1v) is 13.1. The predicted molar refractivity (Wildman–Crippen MR) is 142 cm³/mol. The Morgan fingerprint density at radius 2 is 2.03 bits per heavy atom. The Balaban J connectivity index is 1.47. The van der Waals surface area contributed by atoms with Crippen molar-refractivity contribution < 1.29 is 24.2 Å². The van der Waals surface area contributed by atoms with E-state index in [2.05, 4.69) is 17.5 Å². The Kier molecular flexibility index (Phi) is 9.64. The van der Waals surface area contributed by atoms with Crippen LogP contribution in [0.2, 0.25) is 0 Å². The number of esters is 1. The van der Waals surface area contributed by atoms with Gasteiger partial charge in [0, 0.05) is 61.7 Å². The summed E-state index contributed by atoms with van der Waals surface area (Å²) < 4.78 is 5.32. The molecule has 0 bridgehead atoms. The summed E-state index contributed by atoms with van der Waals surface area (Å²) in [5, 5.41) is 12.3. The van der Waals surface area contributed by atoms with Gasteiger partial charge in [-0.25, -0.2) is 0 Å². The van der Waals surface area contributed by atoms with E-state index in [4.69, 9.17) is 17.0 Å². The Morgan fingerprint density at radius 3 is 2.63 bits per heavy atom. The zero-order chi connectivity index (χ0) is 25.5. The molecule has 1 unspecified atom stereocenters. The van der Waals surface area contributed by atoms with Gasteiger partial charge in [0.25, 0.3) is 5.91 Å². The van der Waals surface area contributed by atoms with Gasteiger partial charge in [0.05, 0.1) is 16.6 Å². The number of carbonyl (C=O) groups excluding carboxylic acids is 3. The number of aliphatic carboxylic acids is 1. The van der Waals surface area contributed by atoms with E-state index in [0.29, 0.717) is 29.1 Å². The van der Waals surface area contributed by atoms with Crippen molar-refractivity contribution in [1.82, 2.24) is 9.80 Å². The van der Waals surface area contributed by atoms with Gasteiger partial charge >= 0.3 is 5.97 Å². The smallest absolute Gasteiger partial charge is 0.326 e. The molecule has 2 aliphatic rings. The number of allylic oxidation sites excluding steroid dienone is 2. The van der Waals surface area contributed by atoms with E-state index in [1.165, 1.54) is 4.90 Å². The largest absolute Gasteiger partial charge is 0.549 e. The summed E-state index contributed by atoms with van der Waals surface area (Å²) in [6.45, 7) is 1.31. The maximum atomic E-state index is 12.7. The standard InChI is InChI=1S/C24H29N3O5S3/c1-25(18-6-3-16(4-7-18)19(15-33)24(30)31)9-11-32-22(28)14-27-20(34)13-17(23(27)29)5-8-21-26(2)10-12-35-21/h3-8,19,33H,9-15H2,1-2H3,(H,30,31)/p-1/b17-5+,21-8-. The van der Waals surface area contributed by atoms with E-state index in [9.17, 15) is 19.5 Å². The van der Waals surface area contributed by atoms with Crippen molar-refractivity contribution in [2.24, 2.45) is 0 Å². The van der Waals surface area contributed by atoms with Crippen molar-refractivity contribution in [1.29, 1.82) is 0 Å². The van der Waals surface area contributed by atoms with Crippen LogP contribution in [0.1, 0.15) is 17.9 Å². The molecular formula is C24H28N3O5S3-. The lowest BCUT2D eigenvalue weighted by Crippen LogP contribution is -2.35. The summed E-state index contributed by atoms with van der Waals surface area (Å²) in [6.07, 6.45) is 4.05. The summed E-state index contributed by atoms with van der Waals surface area (Å²) in [5.41, 5.74) is 2.03. The lowest BCUT2D eigenvalue weighted by Gasteiger charge is -2.21. The number of rotatable bonds is 10. The average molecular weight is 535 g/mol. The highest BCUT2D eigenvalue weighted by Crippen LogP contribution is 2.27. The number of amides is 1. The summed E-state index contributed by atoms with van der Waals surface area (Å²) in [7, 11) is 3.85. The molecule has 1 atom stereocenters. The first-order chi connectivity index (χ1) is 16.7. The van der Waals surface area contributed by atoms with E-state index in [1.807, 2.05) is 25.1 Å². The maximum absolute atomic E-state index is 12.7. The Morgan fingerprint density at radius 1 is 1.31 bits per heavy atom. The van der Waals surface area contributed by atoms with E-state index in [1.54, 1.807) is 42.1 Å². The number of likely N-dealkylation sites (N-methyl/N-ethyl adjacent to an activating group) is 1. The van der Waals surface area contributed by atoms with Crippen molar-refractivity contribution in [3.8, 4) is 0 Å². The number of ether oxygens (including phenoxy) is 1.